The molecule has 0 aliphatic carbocycles. The number of hydrogen-bond acceptors (Lipinski definition) is 5. The third-order valence-corrected chi connectivity index (χ3v) is 5.33. The number of amides is 1. The van der Waals surface area contributed by atoms with Gasteiger partial charge in [-0.1, -0.05) is 0 Å². The molecular weight excluding hydrogens is 352 g/mol. The highest BCUT2D eigenvalue weighted by atomic mass is 16.2. The molecule has 0 spiro atoms. The van der Waals surface area contributed by atoms with Gasteiger partial charge >= 0.3 is 0 Å². The zero-order valence-corrected chi connectivity index (χ0v) is 16.5. The van der Waals surface area contributed by atoms with Gasteiger partial charge in [-0.25, -0.2) is 4.98 Å². The number of benzene rings is 1. The van der Waals surface area contributed by atoms with Crippen LogP contribution < -0.4 is 0 Å². The number of hydrogen-bond donors (Lipinski definition) is 0. The molecule has 0 bridgehead atoms. The fraction of sp³-hybridized carbons (Fsp3) is 0.429. The number of likely N-dealkylation sites (tertiary alicyclic amines) is 1. The molecule has 1 amide bonds. The normalized spacial score (nSPS) is 17.4. The number of nitrogens with zero attached hydrogens (tertiary/aromatic N) is 6. The van der Waals surface area contributed by atoms with Gasteiger partial charge in [-0.3, -0.25) is 14.8 Å². The molecule has 1 aromatic carbocycles. The van der Waals surface area contributed by atoms with Crippen molar-refractivity contribution in [1.82, 2.24) is 29.3 Å². The topological polar surface area (TPSA) is 67.2 Å². The Hall–Kier alpha value is -2.80. The first-order valence-electron chi connectivity index (χ1n) is 9.77. The molecular formula is C21H26N6O. The maximum Gasteiger partial charge on any atom is 0.253 e. The summed E-state index contributed by atoms with van der Waals surface area (Å²) in [6.45, 7) is 3.37. The van der Waals surface area contributed by atoms with Crippen LogP contribution >= 0.6 is 0 Å². The molecule has 0 radical (unpaired) electrons. The van der Waals surface area contributed by atoms with Crippen LogP contribution in [0.4, 0.5) is 0 Å². The summed E-state index contributed by atoms with van der Waals surface area (Å²) in [6, 6.07) is 5.55. The van der Waals surface area contributed by atoms with Crippen LogP contribution in [-0.2, 0) is 6.54 Å². The van der Waals surface area contributed by atoms with E-state index in [0.29, 0.717) is 12.1 Å². The Morgan fingerprint density at radius 1 is 1.14 bits per heavy atom. The van der Waals surface area contributed by atoms with Crippen LogP contribution in [0.2, 0.25) is 0 Å². The van der Waals surface area contributed by atoms with Crippen molar-refractivity contribution in [2.45, 2.75) is 25.3 Å². The highest BCUT2D eigenvalue weighted by Gasteiger charge is 2.28. The van der Waals surface area contributed by atoms with Gasteiger partial charge in [-0.2, -0.15) is 0 Å². The first-order valence-corrected chi connectivity index (χ1v) is 9.77. The second-order valence-corrected chi connectivity index (χ2v) is 7.63. The van der Waals surface area contributed by atoms with Gasteiger partial charge in [-0.05, 0) is 45.1 Å². The second kappa shape index (κ2) is 8.06. The number of imidazole rings is 1. The molecule has 1 aliphatic rings. The largest absolute Gasteiger partial charge is 0.338 e. The molecule has 4 rings (SSSR count). The number of fused-ring (bicyclic) bond motifs is 1. The van der Waals surface area contributed by atoms with Gasteiger partial charge in [0.2, 0.25) is 0 Å². The second-order valence-electron chi connectivity index (χ2n) is 7.63. The highest BCUT2D eigenvalue weighted by molar-refractivity contribution is 5.97. The average molecular weight is 378 g/mol. The summed E-state index contributed by atoms with van der Waals surface area (Å²) in [4.78, 5) is 30.4. The minimum atomic E-state index is 0.0589. The smallest absolute Gasteiger partial charge is 0.253 e. The van der Waals surface area contributed by atoms with Gasteiger partial charge < -0.3 is 14.4 Å². The maximum absolute atomic E-state index is 13.1. The molecule has 1 saturated heterocycles. The molecule has 7 nitrogen and oxygen atoms in total. The molecule has 28 heavy (non-hydrogen) atoms. The lowest BCUT2D eigenvalue weighted by molar-refractivity contribution is 0.0703. The summed E-state index contributed by atoms with van der Waals surface area (Å²) < 4.78 is 2.23. The van der Waals surface area contributed by atoms with Gasteiger partial charge in [0.25, 0.3) is 5.91 Å². The van der Waals surface area contributed by atoms with E-state index in [1.165, 1.54) is 0 Å². The van der Waals surface area contributed by atoms with Crippen LogP contribution in [0.1, 0.15) is 34.9 Å². The van der Waals surface area contributed by atoms with Crippen molar-refractivity contribution >= 4 is 16.9 Å². The molecule has 3 heterocycles. The summed E-state index contributed by atoms with van der Waals surface area (Å²) in [5.41, 5.74) is 2.23. The van der Waals surface area contributed by atoms with Crippen LogP contribution in [0, 0.1) is 0 Å². The van der Waals surface area contributed by atoms with E-state index in [9.17, 15) is 4.79 Å². The summed E-state index contributed by atoms with van der Waals surface area (Å²) in [5.74, 6) is 1.42. The Kier molecular flexibility index (Phi) is 5.34. The molecule has 1 fully saturated rings. The van der Waals surface area contributed by atoms with E-state index in [4.69, 9.17) is 0 Å². The molecule has 1 atom stereocenters. The maximum atomic E-state index is 13.1. The monoisotopic (exact) mass is 378 g/mol. The summed E-state index contributed by atoms with van der Waals surface area (Å²) in [5, 5.41) is 0. The van der Waals surface area contributed by atoms with E-state index in [-0.39, 0.29) is 11.8 Å². The fourth-order valence-corrected chi connectivity index (χ4v) is 3.83. The van der Waals surface area contributed by atoms with E-state index < -0.39 is 0 Å². The third kappa shape index (κ3) is 3.89. The molecule has 1 unspecified atom stereocenters. The number of rotatable bonds is 5. The molecule has 0 saturated carbocycles. The van der Waals surface area contributed by atoms with Gasteiger partial charge in [0.15, 0.2) is 0 Å². The van der Waals surface area contributed by atoms with Crippen molar-refractivity contribution in [3.05, 3.63) is 54.4 Å². The minimum absolute atomic E-state index is 0.0589. The molecule has 7 heteroatoms. The number of likely N-dealkylation sites (N-methyl/N-ethyl adjacent to an activating group) is 1. The van der Waals surface area contributed by atoms with Crippen molar-refractivity contribution in [3.8, 4) is 0 Å². The number of carbonyl (C=O) groups excluding carboxylic acids is 1. The van der Waals surface area contributed by atoms with Gasteiger partial charge in [-0.15, -0.1) is 0 Å². The van der Waals surface area contributed by atoms with E-state index in [1.807, 2.05) is 35.5 Å². The van der Waals surface area contributed by atoms with E-state index in [1.54, 1.807) is 12.4 Å². The van der Waals surface area contributed by atoms with Crippen LogP contribution in [0.15, 0.2) is 43.0 Å². The third-order valence-electron chi connectivity index (χ3n) is 5.33. The Morgan fingerprint density at radius 2 is 1.96 bits per heavy atom. The van der Waals surface area contributed by atoms with Crippen LogP contribution in [0.25, 0.3) is 11.0 Å². The average Bonchev–Trinajstić information content (AvgIpc) is 3.20. The van der Waals surface area contributed by atoms with E-state index >= 15 is 0 Å². The Labute approximate surface area is 165 Å². The number of piperidine rings is 1. The number of aromatic nitrogens is 4. The van der Waals surface area contributed by atoms with Crippen molar-refractivity contribution in [2.75, 3.05) is 33.7 Å². The minimum Gasteiger partial charge on any atom is -0.338 e. The van der Waals surface area contributed by atoms with Crippen LogP contribution in [-0.4, -0.2) is 69.0 Å². The SMILES string of the molecule is CN(C)CCn1ccnc1C1CCCN(C(=O)c2ccc3nccnc3c2)C1. The number of carbonyl (C=O) groups is 1. The van der Waals surface area contributed by atoms with Crippen molar-refractivity contribution in [3.63, 3.8) is 0 Å². The van der Waals surface area contributed by atoms with Crippen molar-refractivity contribution in [1.29, 1.82) is 0 Å². The molecule has 0 N–H and O–H groups in total. The van der Waals surface area contributed by atoms with Crippen molar-refractivity contribution in [2.24, 2.45) is 0 Å². The molecule has 2 aromatic heterocycles. The van der Waals surface area contributed by atoms with Crippen molar-refractivity contribution < 1.29 is 4.79 Å². The summed E-state index contributed by atoms with van der Waals surface area (Å²) in [6.07, 6.45) is 9.28. The first kappa shape index (κ1) is 18.6. The zero-order valence-electron chi connectivity index (χ0n) is 16.5. The quantitative estimate of drug-likeness (QED) is 0.682. The standard InChI is InChI=1S/C21H26N6O/c1-25(2)12-13-26-11-9-24-20(26)17-4-3-10-27(15-17)21(28)16-5-6-18-19(14-16)23-8-7-22-18/h5-9,11,14,17H,3-4,10,12-13,15H2,1-2H3. The summed E-state index contributed by atoms with van der Waals surface area (Å²) in [7, 11) is 4.15. The Morgan fingerprint density at radius 3 is 2.79 bits per heavy atom. The lowest BCUT2D eigenvalue weighted by Gasteiger charge is -2.33. The van der Waals surface area contributed by atoms with Gasteiger partial charge in [0.05, 0.1) is 11.0 Å². The van der Waals surface area contributed by atoms with E-state index in [0.717, 1.165) is 49.3 Å². The highest BCUT2D eigenvalue weighted by Crippen LogP contribution is 2.27. The molecule has 3 aromatic rings. The van der Waals surface area contributed by atoms with Gasteiger partial charge in [0.1, 0.15) is 5.82 Å². The molecule has 146 valence electrons. The molecule has 1 aliphatic heterocycles. The Bertz CT molecular complexity index is 966. The van der Waals surface area contributed by atoms with Gasteiger partial charge in [0, 0.05) is 62.4 Å². The van der Waals surface area contributed by atoms with Crippen LogP contribution in [0.3, 0.4) is 0 Å². The van der Waals surface area contributed by atoms with Crippen LogP contribution in [0.5, 0.6) is 0 Å². The predicted octanol–water partition coefficient (Wildman–Crippen LogP) is 2.41. The Balaban J connectivity index is 1.50. The first-order chi connectivity index (χ1) is 13.6. The predicted molar refractivity (Wildman–Crippen MR) is 108 cm³/mol. The lowest BCUT2D eigenvalue weighted by atomic mass is 9.96. The lowest BCUT2D eigenvalue weighted by Crippen LogP contribution is -2.40. The zero-order chi connectivity index (χ0) is 19.5. The summed E-state index contributed by atoms with van der Waals surface area (Å²) >= 11 is 0. The van der Waals surface area contributed by atoms with E-state index in [2.05, 4.69) is 38.5 Å². The fourth-order valence-electron chi connectivity index (χ4n) is 3.83.